The third-order valence-electron chi connectivity index (χ3n) is 3.46. The molecule has 0 atom stereocenters. The molecule has 1 N–H and O–H groups in total. The summed E-state index contributed by atoms with van der Waals surface area (Å²) in [6.07, 6.45) is 1.78. The van der Waals surface area contributed by atoms with Crippen LogP contribution in [0.15, 0.2) is 54.7 Å². The van der Waals surface area contributed by atoms with Crippen LogP contribution < -0.4 is 10.1 Å². The molecule has 2 heterocycles. The molecular formula is C19H19N3O2. The fourth-order valence-corrected chi connectivity index (χ4v) is 2.37. The number of para-hydroxylation sites is 1. The maximum atomic E-state index is 12.4. The number of hydrogen-bond acceptors (Lipinski definition) is 4. The molecule has 0 aliphatic rings. The van der Waals surface area contributed by atoms with E-state index in [9.17, 15) is 4.79 Å². The molecule has 24 heavy (non-hydrogen) atoms. The zero-order valence-electron chi connectivity index (χ0n) is 13.7. The van der Waals surface area contributed by atoms with Crippen molar-refractivity contribution in [1.82, 2.24) is 15.3 Å². The van der Waals surface area contributed by atoms with Gasteiger partial charge >= 0.3 is 0 Å². The largest absolute Gasteiger partial charge is 0.491 e. The lowest BCUT2D eigenvalue weighted by Crippen LogP contribution is -2.24. The fourth-order valence-electron chi connectivity index (χ4n) is 2.37. The van der Waals surface area contributed by atoms with E-state index in [0.717, 1.165) is 16.8 Å². The fraction of sp³-hybridized carbons (Fsp3) is 0.211. The Labute approximate surface area is 140 Å². The number of nitrogens with one attached hydrogen (secondary N) is 1. The second-order valence-corrected chi connectivity index (χ2v) is 5.70. The number of carbonyl (C=O) groups is 1. The van der Waals surface area contributed by atoms with E-state index in [1.165, 1.54) is 0 Å². The van der Waals surface area contributed by atoms with E-state index >= 15 is 0 Å². The van der Waals surface area contributed by atoms with Crippen molar-refractivity contribution in [3.63, 3.8) is 0 Å². The molecule has 3 aromatic rings. The predicted octanol–water partition coefficient (Wildman–Crippen LogP) is 3.35. The van der Waals surface area contributed by atoms with Gasteiger partial charge in [0.15, 0.2) is 0 Å². The molecule has 0 aliphatic carbocycles. The highest BCUT2D eigenvalue weighted by Crippen LogP contribution is 2.19. The molecule has 1 amide bonds. The molecule has 0 fully saturated rings. The quantitative estimate of drug-likeness (QED) is 0.783. The van der Waals surface area contributed by atoms with Crippen LogP contribution in [0.5, 0.6) is 5.75 Å². The summed E-state index contributed by atoms with van der Waals surface area (Å²) in [5.41, 5.74) is 2.78. The van der Waals surface area contributed by atoms with Gasteiger partial charge in [-0.3, -0.25) is 9.78 Å². The molecule has 0 radical (unpaired) electrons. The zero-order valence-corrected chi connectivity index (χ0v) is 13.7. The minimum absolute atomic E-state index is 0.0801. The minimum Gasteiger partial charge on any atom is -0.491 e. The van der Waals surface area contributed by atoms with Gasteiger partial charge in [-0.05, 0) is 44.2 Å². The van der Waals surface area contributed by atoms with E-state index in [0.29, 0.717) is 17.8 Å². The Balaban J connectivity index is 1.73. The lowest BCUT2D eigenvalue weighted by Gasteiger charge is -2.14. The Morgan fingerprint density at radius 2 is 1.92 bits per heavy atom. The molecule has 5 heteroatoms. The summed E-state index contributed by atoms with van der Waals surface area (Å²) < 4.78 is 5.77. The van der Waals surface area contributed by atoms with Gasteiger partial charge in [0, 0.05) is 18.3 Å². The van der Waals surface area contributed by atoms with Crippen molar-refractivity contribution in [1.29, 1.82) is 0 Å². The van der Waals surface area contributed by atoms with Crippen LogP contribution in [0.1, 0.15) is 29.9 Å². The van der Waals surface area contributed by atoms with Gasteiger partial charge in [-0.15, -0.1) is 0 Å². The molecular weight excluding hydrogens is 302 g/mol. The van der Waals surface area contributed by atoms with Crippen LogP contribution in [0.3, 0.4) is 0 Å². The van der Waals surface area contributed by atoms with Gasteiger partial charge in [-0.2, -0.15) is 0 Å². The normalized spacial score (nSPS) is 10.8. The standard InChI is InChI=1S/C19H19N3O2/c1-13(2)24-18-8-4-3-6-14(18)12-21-19(23)17-10-9-15-16(22-17)7-5-11-20-15/h3-11,13H,12H2,1-2H3,(H,21,23). The summed E-state index contributed by atoms with van der Waals surface area (Å²) in [6, 6.07) is 14.8. The third-order valence-corrected chi connectivity index (χ3v) is 3.46. The van der Waals surface area contributed by atoms with Crippen LogP contribution in [0.4, 0.5) is 0 Å². The van der Waals surface area contributed by atoms with Crippen molar-refractivity contribution in [2.24, 2.45) is 0 Å². The highest BCUT2D eigenvalue weighted by atomic mass is 16.5. The molecule has 0 spiro atoms. The molecule has 0 unspecified atom stereocenters. The van der Waals surface area contributed by atoms with Crippen LogP contribution >= 0.6 is 0 Å². The lowest BCUT2D eigenvalue weighted by molar-refractivity contribution is 0.0946. The van der Waals surface area contributed by atoms with Gasteiger partial charge in [-0.25, -0.2) is 4.98 Å². The SMILES string of the molecule is CC(C)Oc1ccccc1CNC(=O)c1ccc2ncccc2n1. The van der Waals surface area contributed by atoms with Crippen molar-refractivity contribution in [3.05, 3.63) is 66.0 Å². The van der Waals surface area contributed by atoms with Crippen LogP contribution in [-0.2, 0) is 6.54 Å². The van der Waals surface area contributed by atoms with Crippen molar-refractivity contribution in [3.8, 4) is 5.75 Å². The summed E-state index contributed by atoms with van der Waals surface area (Å²) in [5.74, 6) is 0.559. The number of benzene rings is 1. The summed E-state index contributed by atoms with van der Waals surface area (Å²) >= 11 is 0. The second kappa shape index (κ2) is 7.08. The van der Waals surface area contributed by atoms with Crippen LogP contribution in [0, 0.1) is 0 Å². The smallest absolute Gasteiger partial charge is 0.270 e. The number of carbonyl (C=O) groups excluding carboxylic acids is 1. The minimum atomic E-state index is -0.222. The number of nitrogens with zero attached hydrogens (tertiary/aromatic N) is 2. The number of ether oxygens (including phenoxy) is 1. The molecule has 0 saturated carbocycles. The lowest BCUT2D eigenvalue weighted by atomic mass is 10.2. The first-order chi connectivity index (χ1) is 11.6. The first-order valence-electron chi connectivity index (χ1n) is 7.88. The van der Waals surface area contributed by atoms with Crippen LogP contribution in [0.25, 0.3) is 11.0 Å². The highest BCUT2D eigenvalue weighted by molar-refractivity contribution is 5.94. The number of aromatic nitrogens is 2. The summed E-state index contributed by atoms with van der Waals surface area (Å²) in [5, 5.41) is 2.89. The van der Waals surface area contributed by atoms with Crippen molar-refractivity contribution < 1.29 is 9.53 Å². The van der Waals surface area contributed by atoms with Gasteiger partial charge in [-0.1, -0.05) is 18.2 Å². The molecule has 0 bridgehead atoms. The molecule has 3 rings (SSSR count). The average molecular weight is 321 g/mol. The molecule has 0 saturated heterocycles. The van der Waals surface area contributed by atoms with Crippen LogP contribution in [-0.4, -0.2) is 22.0 Å². The molecule has 2 aromatic heterocycles. The van der Waals surface area contributed by atoms with Crippen LogP contribution in [0.2, 0.25) is 0 Å². The van der Waals surface area contributed by atoms with Crippen molar-refractivity contribution >= 4 is 16.9 Å². The van der Waals surface area contributed by atoms with Crippen molar-refractivity contribution in [2.75, 3.05) is 0 Å². The number of hydrogen-bond donors (Lipinski definition) is 1. The Morgan fingerprint density at radius 1 is 1.08 bits per heavy atom. The van der Waals surface area contributed by atoms with Gasteiger partial charge < -0.3 is 10.1 Å². The Bertz CT molecular complexity index is 862. The first-order valence-corrected chi connectivity index (χ1v) is 7.88. The van der Waals surface area contributed by atoms with Gasteiger partial charge in [0.1, 0.15) is 11.4 Å². The monoisotopic (exact) mass is 321 g/mol. The highest BCUT2D eigenvalue weighted by Gasteiger charge is 2.10. The third kappa shape index (κ3) is 3.68. The topological polar surface area (TPSA) is 64.1 Å². The van der Waals surface area contributed by atoms with Gasteiger partial charge in [0.25, 0.3) is 5.91 Å². The predicted molar refractivity (Wildman–Crippen MR) is 92.9 cm³/mol. The summed E-state index contributed by atoms with van der Waals surface area (Å²) in [6.45, 7) is 4.33. The Morgan fingerprint density at radius 3 is 2.75 bits per heavy atom. The summed E-state index contributed by atoms with van der Waals surface area (Å²) in [7, 11) is 0. The maximum absolute atomic E-state index is 12.4. The molecule has 122 valence electrons. The Kier molecular flexibility index (Phi) is 4.70. The number of rotatable bonds is 5. The molecule has 0 aliphatic heterocycles. The van der Waals surface area contributed by atoms with E-state index in [-0.39, 0.29) is 12.0 Å². The van der Waals surface area contributed by atoms with E-state index in [4.69, 9.17) is 4.74 Å². The molecule has 5 nitrogen and oxygen atoms in total. The summed E-state index contributed by atoms with van der Waals surface area (Å²) in [4.78, 5) is 20.9. The maximum Gasteiger partial charge on any atom is 0.270 e. The van der Waals surface area contributed by atoms with E-state index in [1.807, 2.05) is 44.2 Å². The van der Waals surface area contributed by atoms with Crippen molar-refractivity contribution in [2.45, 2.75) is 26.5 Å². The number of pyridine rings is 2. The Hall–Kier alpha value is -2.95. The van der Waals surface area contributed by atoms with E-state index < -0.39 is 0 Å². The second-order valence-electron chi connectivity index (χ2n) is 5.70. The number of fused-ring (bicyclic) bond motifs is 1. The van der Waals surface area contributed by atoms with E-state index in [1.54, 1.807) is 24.4 Å². The average Bonchev–Trinajstić information content (AvgIpc) is 2.60. The number of amides is 1. The molecule has 1 aromatic carbocycles. The zero-order chi connectivity index (χ0) is 16.9. The van der Waals surface area contributed by atoms with Gasteiger partial charge in [0.05, 0.1) is 17.1 Å². The van der Waals surface area contributed by atoms with Gasteiger partial charge in [0.2, 0.25) is 0 Å². The first kappa shape index (κ1) is 15.9. The van der Waals surface area contributed by atoms with E-state index in [2.05, 4.69) is 15.3 Å².